The molecule has 4 rings (SSSR count). The summed E-state index contributed by atoms with van der Waals surface area (Å²) in [7, 11) is 0. The number of fused-ring (bicyclic) bond motifs is 6. The molecule has 4 heteroatoms. The van der Waals surface area contributed by atoms with Crippen molar-refractivity contribution in [1.29, 1.82) is 0 Å². The molecule has 1 aromatic heterocycles. The van der Waals surface area contributed by atoms with E-state index in [9.17, 15) is 0 Å². The first-order valence-corrected chi connectivity index (χ1v) is 5.88. The highest BCUT2D eigenvalue weighted by Gasteiger charge is 2.27. The van der Waals surface area contributed by atoms with Gasteiger partial charge in [0.15, 0.2) is 11.5 Å². The van der Waals surface area contributed by atoms with Gasteiger partial charge in [-0.25, -0.2) is 0 Å². The highest BCUT2D eigenvalue weighted by molar-refractivity contribution is 6.00. The molecule has 0 fully saturated rings. The zero-order valence-electron chi connectivity index (χ0n) is 9.32. The Labute approximate surface area is 98.6 Å². The van der Waals surface area contributed by atoms with E-state index in [4.69, 9.17) is 9.47 Å². The first-order chi connectivity index (χ1) is 8.45. The number of nitrogens with zero attached hydrogens (tertiary/aromatic N) is 1. The van der Waals surface area contributed by atoms with Gasteiger partial charge in [0.2, 0.25) is 6.79 Å². The normalized spacial score (nSPS) is 16.7. The van der Waals surface area contributed by atoms with Crippen molar-refractivity contribution in [3.8, 4) is 11.5 Å². The lowest BCUT2D eigenvalue weighted by atomic mass is 9.98. The minimum atomic E-state index is 0.315. The molecule has 0 amide bonds. The number of aromatic nitrogens is 1. The highest BCUT2D eigenvalue weighted by atomic mass is 16.7. The van der Waals surface area contributed by atoms with Gasteiger partial charge in [-0.3, -0.25) is 4.98 Å². The van der Waals surface area contributed by atoms with Crippen molar-refractivity contribution in [3.63, 3.8) is 0 Å². The van der Waals surface area contributed by atoms with E-state index in [1.54, 1.807) is 0 Å². The Kier molecular flexibility index (Phi) is 1.75. The van der Waals surface area contributed by atoms with Gasteiger partial charge in [-0.15, -0.1) is 0 Å². The third-order valence-electron chi connectivity index (χ3n) is 3.38. The predicted octanol–water partition coefficient (Wildman–Crippen LogP) is 2.32. The second-order valence-electron chi connectivity index (χ2n) is 4.35. The summed E-state index contributed by atoms with van der Waals surface area (Å²) in [6, 6.07) is 3.96. The van der Waals surface area contributed by atoms with Crippen LogP contribution in [0.15, 0.2) is 18.3 Å². The van der Waals surface area contributed by atoms with Gasteiger partial charge < -0.3 is 14.8 Å². The maximum Gasteiger partial charge on any atom is 0.231 e. The van der Waals surface area contributed by atoms with Crippen LogP contribution in [0.4, 0.5) is 5.69 Å². The van der Waals surface area contributed by atoms with E-state index in [2.05, 4.69) is 10.3 Å². The van der Waals surface area contributed by atoms with E-state index in [1.165, 1.54) is 5.56 Å². The standard InChI is InChI=1S/C13H12N2O2/c1-3-8-10(14-5-1)11-9(4-2-6-15-11)13-12(8)16-7-17-13/h1,3,5,15H,2,4,6-7H2. The Morgan fingerprint density at radius 1 is 1.24 bits per heavy atom. The van der Waals surface area contributed by atoms with Gasteiger partial charge in [0.05, 0.1) is 11.2 Å². The fourth-order valence-corrected chi connectivity index (χ4v) is 2.65. The lowest BCUT2D eigenvalue weighted by molar-refractivity contribution is 0.174. The van der Waals surface area contributed by atoms with Crippen LogP contribution in [0.2, 0.25) is 0 Å². The maximum absolute atomic E-state index is 5.61. The van der Waals surface area contributed by atoms with Crippen LogP contribution in [0.3, 0.4) is 0 Å². The van der Waals surface area contributed by atoms with E-state index in [1.807, 2.05) is 18.3 Å². The molecule has 2 aromatic rings. The first-order valence-electron chi connectivity index (χ1n) is 5.88. The smallest absolute Gasteiger partial charge is 0.231 e. The number of benzene rings is 1. The summed E-state index contributed by atoms with van der Waals surface area (Å²) >= 11 is 0. The van der Waals surface area contributed by atoms with Gasteiger partial charge in [0.25, 0.3) is 0 Å². The summed E-state index contributed by atoms with van der Waals surface area (Å²) in [6.45, 7) is 1.31. The van der Waals surface area contributed by atoms with Crippen molar-refractivity contribution in [2.24, 2.45) is 0 Å². The van der Waals surface area contributed by atoms with Gasteiger partial charge in [-0.2, -0.15) is 0 Å². The topological polar surface area (TPSA) is 43.4 Å². The zero-order valence-corrected chi connectivity index (χ0v) is 9.32. The third kappa shape index (κ3) is 1.15. The number of nitrogens with one attached hydrogen (secondary N) is 1. The summed E-state index contributed by atoms with van der Waals surface area (Å²) in [6.07, 6.45) is 3.97. The fourth-order valence-electron chi connectivity index (χ4n) is 2.65. The molecule has 1 N–H and O–H groups in total. The summed E-state index contributed by atoms with van der Waals surface area (Å²) in [5, 5.41) is 4.47. The Bertz CT molecular complexity index is 610. The van der Waals surface area contributed by atoms with Gasteiger partial charge in [0, 0.05) is 23.7 Å². The number of ether oxygens (including phenoxy) is 2. The second kappa shape index (κ2) is 3.26. The third-order valence-corrected chi connectivity index (χ3v) is 3.38. The van der Waals surface area contributed by atoms with Gasteiger partial charge in [-0.1, -0.05) is 0 Å². The molecule has 0 radical (unpaired) electrons. The van der Waals surface area contributed by atoms with E-state index in [0.717, 1.165) is 47.5 Å². The molecule has 0 bridgehead atoms. The van der Waals surface area contributed by atoms with Crippen molar-refractivity contribution >= 4 is 16.6 Å². The van der Waals surface area contributed by atoms with E-state index in [-0.39, 0.29) is 0 Å². The Hall–Kier alpha value is -1.97. The quantitative estimate of drug-likeness (QED) is 0.751. The number of hydrogen-bond acceptors (Lipinski definition) is 4. The van der Waals surface area contributed by atoms with E-state index in [0.29, 0.717) is 6.79 Å². The Morgan fingerprint density at radius 3 is 3.18 bits per heavy atom. The van der Waals surface area contributed by atoms with Crippen molar-refractivity contribution in [2.75, 3.05) is 18.7 Å². The maximum atomic E-state index is 5.61. The summed E-state index contributed by atoms with van der Waals surface area (Å²) in [5.41, 5.74) is 3.33. The average molecular weight is 228 g/mol. The number of rotatable bonds is 0. The van der Waals surface area contributed by atoms with Crippen LogP contribution < -0.4 is 14.8 Å². The summed E-state index contributed by atoms with van der Waals surface area (Å²) in [5.74, 6) is 1.77. The highest BCUT2D eigenvalue weighted by Crippen LogP contribution is 2.47. The Balaban J connectivity index is 2.16. The van der Waals surface area contributed by atoms with Crippen molar-refractivity contribution in [3.05, 3.63) is 23.9 Å². The van der Waals surface area contributed by atoms with Crippen molar-refractivity contribution in [2.45, 2.75) is 12.8 Å². The molecular weight excluding hydrogens is 216 g/mol. The average Bonchev–Trinajstić information content (AvgIpc) is 2.89. The molecule has 2 aliphatic heterocycles. The molecule has 86 valence electrons. The van der Waals surface area contributed by atoms with Gasteiger partial charge >= 0.3 is 0 Å². The van der Waals surface area contributed by atoms with Crippen LogP contribution >= 0.6 is 0 Å². The zero-order chi connectivity index (χ0) is 11.2. The van der Waals surface area contributed by atoms with Crippen LogP contribution in [0.1, 0.15) is 12.0 Å². The summed E-state index contributed by atoms with van der Waals surface area (Å²) < 4.78 is 11.2. The Morgan fingerprint density at radius 2 is 2.18 bits per heavy atom. The van der Waals surface area contributed by atoms with Gasteiger partial charge in [0.1, 0.15) is 0 Å². The first kappa shape index (κ1) is 9.10. The number of pyridine rings is 1. The molecule has 0 unspecified atom stereocenters. The molecule has 3 heterocycles. The molecule has 2 aliphatic rings. The molecule has 0 saturated heterocycles. The predicted molar refractivity (Wildman–Crippen MR) is 64.7 cm³/mol. The second-order valence-corrected chi connectivity index (χ2v) is 4.35. The summed E-state index contributed by atoms with van der Waals surface area (Å²) in [4.78, 5) is 4.47. The number of hydrogen-bond donors (Lipinski definition) is 1. The largest absolute Gasteiger partial charge is 0.453 e. The van der Waals surface area contributed by atoms with Crippen molar-refractivity contribution in [1.82, 2.24) is 4.98 Å². The lowest BCUT2D eigenvalue weighted by Crippen LogP contribution is -2.13. The fraction of sp³-hybridized carbons (Fsp3) is 0.308. The monoisotopic (exact) mass is 228 g/mol. The number of anilines is 1. The molecule has 0 saturated carbocycles. The van der Waals surface area contributed by atoms with E-state index >= 15 is 0 Å². The van der Waals surface area contributed by atoms with Crippen molar-refractivity contribution < 1.29 is 9.47 Å². The molecule has 0 spiro atoms. The molecule has 1 aromatic carbocycles. The minimum Gasteiger partial charge on any atom is -0.453 e. The molecule has 0 atom stereocenters. The molecule has 17 heavy (non-hydrogen) atoms. The van der Waals surface area contributed by atoms with Crippen LogP contribution in [0, 0.1) is 0 Å². The molecular formula is C13H12N2O2. The van der Waals surface area contributed by atoms with Crippen LogP contribution in [0.25, 0.3) is 10.9 Å². The van der Waals surface area contributed by atoms with Gasteiger partial charge in [-0.05, 0) is 25.0 Å². The van der Waals surface area contributed by atoms with E-state index < -0.39 is 0 Å². The van der Waals surface area contributed by atoms with Crippen LogP contribution in [-0.4, -0.2) is 18.3 Å². The van der Waals surface area contributed by atoms with Crippen LogP contribution in [0.5, 0.6) is 11.5 Å². The molecule has 4 nitrogen and oxygen atoms in total. The SMILES string of the molecule is c1cnc2c3c(c4c(c2c1)OCO4)CCCN3. The van der Waals surface area contributed by atoms with Crippen LogP contribution in [-0.2, 0) is 6.42 Å². The minimum absolute atomic E-state index is 0.315. The molecule has 0 aliphatic carbocycles. The lowest BCUT2D eigenvalue weighted by Gasteiger charge is -2.21.